The molecule has 3 heteroatoms. The highest BCUT2D eigenvalue weighted by atomic mass is 15.1. The summed E-state index contributed by atoms with van der Waals surface area (Å²) in [5, 5.41) is 3.29. The highest BCUT2D eigenvalue weighted by molar-refractivity contribution is 4.56. The molecule has 0 spiro atoms. The second-order valence-electron chi connectivity index (χ2n) is 1.52. The van der Waals surface area contributed by atoms with E-state index >= 15 is 0 Å². The molecule has 0 aromatic rings. The van der Waals surface area contributed by atoms with Crippen LogP contribution in [0.1, 0.15) is 6.92 Å². The summed E-state index contributed by atoms with van der Waals surface area (Å²) < 4.78 is 0. The third kappa shape index (κ3) is 5.31. The number of azide groups is 1. The maximum absolute atomic E-state index is 7.75. The number of hydrogen-bond donors (Lipinski definition) is 0. The Kier molecular flexibility index (Phi) is 3.15. The largest absolute Gasteiger partial charge is 0.0937 e. The Hall–Kier alpha value is -0.690. The molecule has 0 bridgehead atoms. The fourth-order valence-electron chi connectivity index (χ4n) is 0.176. The van der Waals surface area contributed by atoms with Gasteiger partial charge in [-0.3, -0.25) is 0 Å². The first-order valence-electron chi connectivity index (χ1n) is 2.11. The summed E-state index contributed by atoms with van der Waals surface area (Å²) in [7, 11) is 0. The molecular weight excluding hydrogens is 90.1 g/mol. The Bertz CT molecular complexity index is 80.9. The number of hydrogen-bond acceptors (Lipinski definition) is 1. The van der Waals surface area contributed by atoms with Gasteiger partial charge in [-0.15, -0.1) is 0 Å². The normalized spacial score (nSPS) is 8.43. The van der Waals surface area contributed by atoms with Crippen molar-refractivity contribution < 1.29 is 0 Å². The molecule has 0 fully saturated rings. The van der Waals surface area contributed by atoms with Gasteiger partial charge in [0, 0.05) is 11.5 Å². The third-order valence-electron chi connectivity index (χ3n) is 0.457. The van der Waals surface area contributed by atoms with Gasteiger partial charge in [0.25, 0.3) is 0 Å². The molecule has 0 aliphatic carbocycles. The van der Waals surface area contributed by atoms with E-state index < -0.39 is 0 Å². The first kappa shape index (κ1) is 6.31. The third-order valence-corrected chi connectivity index (χ3v) is 0.457. The minimum absolute atomic E-state index is 0.232. The van der Waals surface area contributed by atoms with Crippen molar-refractivity contribution in [3.8, 4) is 0 Å². The predicted octanol–water partition coefficient (Wildman–Crippen LogP) is 1.77. The average Bonchev–Trinajstić information content (AvgIpc) is 1.61. The highest BCUT2D eigenvalue weighted by Gasteiger charge is 1.85. The zero-order valence-electron chi connectivity index (χ0n) is 4.33. The zero-order chi connectivity index (χ0) is 5.70. The zero-order valence-corrected chi connectivity index (χ0v) is 4.33. The van der Waals surface area contributed by atoms with Gasteiger partial charge >= 0.3 is 0 Å². The molecule has 0 N–H and O–H groups in total. The molecule has 39 valence electrons. The number of rotatable bonds is 2. The van der Waals surface area contributed by atoms with Crippen LogP contribution in [-0.2, 0) is 0 Å². The van der Waals surface area contributed by atoms with Crippen LogP contribution in [0.4, 0.5) is 0 Å². The quantitative estimate of drug-likeness (QED) is 0.287. The highest BCUT2D eigenvalue weighted by Crippen LogP contribution is 1.89. The van der Waals surface area contributed by atoms with Crippen LogP contribution in [0.15, 0.2) is 5.11 Å². The van der Waals surface area contributed by atoms with Crippen LogP contribution in [-0.4, -0.2) is 6.54 Å². The summed E-state index contributed by atoms with van der Waals surface area (Å²) in [5.41, 5.74) is 7.75. The van der Waals surface area contributed by atoms with Crippen LogP contribution in [0.5, 0.6) is 0 Å². The summed E-state index contributed by atoms with van der Waals surface area (Å²) in [6.07, 6.45) is 0. The molecule has 0 rings (SSSR count). The lowest BCUT2D eigenvalue weighted by atomic mass is 10.2. The van der Waals surface area contributed by atoms with Crippen LogP contribution in [0.3, 0.4) is 0 Å². The predicted molar refractivity (Wildman–Crippen MR) is 28.5 cm³/mol. The van der Waals surface area contributed by atoms with E-state index in [2.05, 4.69) is 16.9 Å². The lowest BCUT2D eigenvalue weighted by molar-refractivity contribution is 0.732. The van der Waals surface area contributed by atoms with Gasteiger partial charge in [-0.2, -0.15) is 0 Å². The van der Waals surface area contributed by atoms with E-state index in [1.165, 1.54) is 0 Å². The van der Waals surface area contributed by atoms with Crippen molar-refractivity contribution >= 4 is 0 Å². The van der Waals surface area contributed by atoms with Crippen molar-refractivity contribution in [1.82, 2.24) is 0 Å². The first-order chi connectivity index (χ1) is 3.27. The van der Waals surface area contributed by atoms with Gasteiger partial charge < -0.3 is 0 Å². The second kappa shape index (κ2) is 3.50. The molecule has 1 unspecified atom stereocenters. The Labute approximate surface area is 43.0 Å². The first-order valence-corrected chi connectivity index (χ1v) is 2.11. The van der Waals surface area contributed by atoms with Gasteiger partial charge in [0.05, 0.1) is 0 Å². The molecule has 3 nitrogen and oxygen atoms in total. The molecule has 0 aromatic carbocycles. The molecule has 1 atom stereocenters. The van der Waals surface area contributed by atoms with Gasteiger partial charge in [0.2, 0.25) is 0 Å². The Morgan fingerprint density at radius 2 is 2.57 bits per heavy atom. The van der Waals surface area contributed by atoms with Crippen molar-refractivity contribution in [3.05, 3.63) is 17.4 Å². The molecule has 0 saturated heterocycles. The van der Waals surface area contributed by atoms with E-state index in [1.54, 1.807) is 0 Å². The summed E-state index contributed by atoms with van der Waals surface area (Å²) >= 11 is 0. The summed E-state index contributed by atoms with van der Waals surface area (Å²) in [6, 6.07) is 0. The Morgan fingerprint density at radius 1 is 2.00 bits per heavy atom. The molecule has 0 aliphatic rings. The van der Waals surface area contributed by atoms with Gasteiger partial charge in [0.1, 0.15) is 0 Å². The summed E-state index contributed by atoms with van der Waals surface area (Å²) in [4.78, 5) is 2.56. The molecule has 1 radical (unpaired) electrons. The van der Waals surface area contributed by atoms with Crippen molar-refractivity contribution in [2.24, 2.45) is 11.0 Å². The molecule has 0 heterocycles. The van der Waals surface area contributed by atoms with Crippen molar-refractivity contribution in [3.63, 3.8) is 0 Å². The minimum atomic E-state index is 0.232. The molecular formula is C4H8N3. The summed E-state index contributed by atoms with van der Waals surface area (Å²) in [6.45, 7) is 6.01. The van der Waals surface area contributed by atoms with Crippen molar-refractivity contribution in [2.75, 3.05) is 6.54 Å². The maximum atomic E-state index is 7.75. The standard InChI is InChI=1S/C4H8N3/c1-4(2)3-6-7-5/h4H,1,3H2,2H3. The Morgan fingerprint density at radius 3 is 2.71 bits per heavy atom. The van der Waals surface area contributed by atoms with E-state index in [0.717, 1.165) is 0 Å². The Balaban J connectivity index is 3.13. The van der Waals surface area contributed by atoms with E-state index in [-0.39, 0.29) is 5.92 Å². The lowest BCUT2D eigenvalue weighted by Gasteiger charge is -1.91. The topological polar surface area (TPSA) is 48.8 Å². The van der Waals surface area contributed by atoms with Crippen LogP contribution >= 0.6 is 0 Å². The maximum Gasteiger partial charge on any atom is 0.0283 e. The van der Waals surface area contributed by atoms with Crippen LogP contribution < -0.4 is 0 Å². The lowest BCUT2D eigenvalue weighted by Crippen LogP contribution is -1.88. The SMILES string of the molecule is [CH2]C(C)CN=[N+]=[N-]. The van der Waals surface area contributed by atoms with E-state index in [4.69, 9.17) is 5.53 Å². The fourth-order valence-corrected chi connectivity index (χ4v) is 0.176. The van der Waals surface area contributed by atoms with Gasteiger partial charge in [0.15, 0.2) is 0 Å². The van der Waals surface area contributed by atoms with E-state index in [1.807, 2.05) is 6.92 Å². The monoisotopic (exact) mass is 98.1 g/mol. The molecule has 0 saturated carbocycles. The van der Waals surface area contributed by atoms with Gasteiger partial charge in [-0.25, -0.2) is 0 Å². The van der Waals surface area contributed by atoms with Gasteiger partial charge in [-0.1, -0.05) is 19.0 Å². The smallest absolute Gasteiger partial charge is 0.0283 e. The van der Waals surface area contributed by atoms with E-state index in [9.17, 15) is 0 Å². The second-order valence-corrected chi connectivity index (χ2v) is 1.52. The molecule has 0 aliphatic heterocycles. The molecule has 0 amide bonds. The molecule has 7 heavy (non-hydrogen) atoms. The minimum Gasteiger partial charge on any atom is -0.0937 e. The molecule has 0 aromatic heterocycles. The summed E-state index contributed by atoms with van der Waals surface area (Å²) in [5.74, 6) is 0.232. The van der Waals surface area contributed by atoms with Crippen molar-refractivity contribution in [1.29, 1.82) is 0 Å². The van der Waals surface area contributed by atoms with Crippen LogP contribution in [0, 0.1) is 12.8 Å². The van der Waals surface area contributed by atoms with Crippen LogP contribution in [0.2, 0.25) is 0 Å². The van der Waals surface area contributed by atoms with Crippen molar-refractivity contribution in [2.45, 2.75) is 6.92 Å². The van der Waals surface area contributed by atoms with E-state index in [0.29, 0.717) is 6.54 Å². The van der Waals surface area contributed by atoms with Crippen LogP contribution in [0.25, 0.3) is 10.4 Å². The fraction of sp³-hybridized carbons (Fsp3) is 0.750. The average molecular weight is 98.1 g/mol. The van der Waals surface area contributed by atoms with Gasteiger partial charge in [-0.05, 0) is 11.4 Å². The number of nitrogens with zero attached hydrogens (tertiary/aromatic N) is 3.